The minimum absolute atomic E-state index is 0.0564. The summed E-state index contributed by atoms with van der Waals surface area (Å²) >= 11 is 4.61. The number of esters is 1. The molecule has 2 aromatic carbocycles. The molecule has 31 heavy (non-hydrogen) atoms. The number of thioether (sulfide) groups is 1. The molecular formula is C21H21BrFN3O4S. The summed E-state index contributed by atoms with van der Waals surface area (Å²) in [6, 6.07) is 11.7. The summed E-state index contributed by atoms with van der Waals surface area (Å²) in [5.74, 6) is -1.04. The normalized spacial score (nSPS) is 11.4. The number of ether oxygens (including phenoxy) is 2. The zero-order chi connectivity index (χ0) is 22.6. The maximum atomic E-state index is 14.5. The van der Waals surface area contributed by atoms with E-state index in [1.165, 1.54) is 53.3 Å². The van der Waals surface area contributed by atoms with E-state index in [4.69, 9.17) is 9.47 Å². The average molecular weight is 510 g/mol. The fourth-order valence-electron chi connectivity index (χ4n) is 2.62. The van der Waals surface area contributed by atoms with Gasteiger partial charge >= 0.3 is 11.7 Å². The maximum Gasteiger partial charge on any atom is 0.351 e. The molecule has 7 nitrogen and oxygen atoms in total. The predicted molar refractivity (Wildman–Crippen MR) is 119 cm³/mol. The van der Waals surface area contributed by atoms with Crippen molar-refractivity contribution in [2.24, 2.45) is 0 Å². The highest BCUT2D eigenvalue weighted by Gasteiger charge is 2.32. The van der Waals surface area contributed by atoms with Gasteiger partial charge in [0.2, 0.25) is 0 Å². The van der Waals surface area contributed by atoms with Crippen LogP contribution < -0.4 is 10.4 Å². The van der Waals surface area contributed by atoms with Crippen molar-refractivity contribution in [3.63, 3.8) is 0 Å². The van der Waals surface area contributed by atoms with Crippen LogP contribution in [-0.4, -0.2) is 32.5 Å². The highest BCUT2D eigenvalue weighted by molar-refractivity contribution is 9.10. The van der Waals surface area contributed by atoms with Gasteiger partial charge in [0.15, 0.2) is 17.2 Å². The quantitative estimate of drug-likeness (QED) is 0.330. The van der Waals surface area contributed by atoms with Crippen molar-refractivity contribution in [1.82, 2.24) is 14.3 Å². The Morgan fingerprint density at radius 3 is 2.58 bits per heavy atom. The zero-order valence-corrected chi connectivity index (χ0v) is 19.6. The third kappa shape index (κ3) is 5.56. The van der Waals surface area contributed by atoms with Crippen LogP contribution in [0.2, 0.25) is 0 Å². The van der Waals surface area contributed by atoms with E-state index in [0.717, 1.165) is 4.47 Å². The molecule has 3 aromatic rings. The van der Waals surface area contributed by atoms with Gasteiger partial charge in [0.25, 0.3) is 0 Å². The lowest BCUT2D eigenvalue weighted by molar-refractivity contribution is -0.158. The Hall–Kier alpha value is -2.59. The van der Waals surface area contributed by atoms with Crippen LogP contribution in [-0.2, 0) is 15.4 Å². The molecule has 0 saturated carbocycles. The van der Waals surface area contributed by atoms with Crippen LogP contribution >= 0.6 is 27.7 Å². The Bertz CT molecular complexity index is 1130. The first kappa shape index (κ1) is 23.1. The van der Waals surface area contributed by atoms with Crippen LogP contribution in [0.3, 0.4) is 0 Å². The van der Waals surface area contributed by atoms with Crippen molar-refractivity contribution in [3.05, 3.63) is 69.6 Å². The zero-order valence-electron chi connectivity index (χ0n) is 17.2. The number of carbonyl (C=O) groups is 1. The van der Waals surface area contributed by atoms with Crippen molar-refractivity contribution in [3.8, 4) is 11.4 Å². The smallest absolute Gasteiger partial charge is 0.351 e. The molecule has 0 N–H and O–H groups in total. The highest BCUT2D eigenvalue weighted by atomic mass is 79.9. The Morgan fingerprint density at radius 1 is 1.23 bits per heavy atom. The van der Waals surface area contributed by atoms with Gasteiger partial charge in [0.1, 0.15) is 6.33 Å². The van der Waals surface area contributed by atoms with Crippen LogP contribution in [0.1, 0.15) is 20.8 Å². The maximum absolute atomic E-state index is 14.5. The molecule has 0 bridgehead atoms. The van der Waals surface area contributed by atoms with Crippen LogP contribution in [0.5, 0.6) is 5.75 Å². The van der Waals surface area contributed by atoms with E-state index in [-0.39, 0.29) is 23.9 Å². The molecule has 0 radical (unpaired) electrons. The van der Waals surface area contributed by atoms with E-state index in [2.05, 4.69) is 21.0 Å². The minimum atomic E-state index is -1.32. The number of hydrogen-bond donors (Lipinski definition) is 0. The summed E-state index contributed by atoms with van der Waals surface area (Å²) in [7, 11) is 0. The van der Waals surface area contributed by atoms with Crippen LogP contribution in [0.15, 0.2) is 63.0 Å². The second-order valence-electron chi connectivity index (χ2n) is 6.96. The van der Waals surface area contributed by atoms with E-state index in [9.17, 15) is 14.0 Å². The molecule has 0 saturated heterocycles. The first-order valence-corrected chi connectivity index (χ1v) is 11.2. The number of hydrogen-bond acceptors (Lipinski definition) is 6. The third-order valence-electron chi connectivity index (χ3n) is 4.23. The molecule has 10 heteroatoms. The minimum Gasteiger partial charge on any atom is -0.473 e. The molecule has 0 unspecified atom stereocenters. The molecule has 0 aliphatic carbocycles. The fourth-order valence-corrected chi connectivity index (χ4v) is 3.68. The van der Waals surface area contributed by atoms with Gasteiger partial charge in [-0.3, -0.25) is 0 Å². The SMILES string of the molecule is CCOC(=O)C(C)(C)Oc1ccc(SCn2ncn(-c3ccc(Br)cc3)c2=O)cc1F. The van der Waals surface area contributed by atoms with Gasteiger partial charge in [0.05, 0.1) is 18.2 Å². The summed E-state index contributed by atoms with van der Waals surface area (Å²) in [6.07, 6.45) is 1.45. The van der Waals surface area contributed by atoms with Gasteiger partial charge in [-0.2, -0.15) is 5.10 Å². The van der Waals surface area contributed by atoms with Crippen molar-refractivity contribution in [2.45, 2.75) is 37.1 Å². The molecule has 3 rings (SSSR count). The molecule has 1 heterocycles. The Kier molecular flexibility index (Phi) is 7.22. The Balaban J connectivity index is 1.68. The fraction of sp³-hybridized carbons (Fsp3) is 0.286. The number of nitrogens with zero attached hydrogens (tertiary/aromatic N) is 3. The molecule has 0 fully saturated rings. The van der Waals surface area contributed by atoms with Gasteiger partial charge in [-0.25, -0.2) is 23.2 Å². The Labute approximate surface area is 191 Å². The lowest BCUT2D eigenvalue weighted by atomic mass is 10.1. The summed E-state index contributed by atoms with van der Waals surface area (Å²) in [4.78, 5) is 25.1. The van der Waals surface area contributed by atoms with E-state index in [1.807, 2.05) is 12.1 Å². The van der Waals surface area contributed by atoms with Crippen LogP contribution in [0, 0.1) is 5.82 Å². The van der Waals surface area contributed by atoms with Crippen molar-refractivity contribution in [2.75, 3.05) is 6.61 Å². The highest BCUT2D eigenvalue weighted by Crippen LogP contribution is 2.28. The van der Waals surface area contributed by atoms with Gasteiger partial charge < -0.3 is 9.47 Å². The first-order valence-electron chi connectivity index (χ1n) is 9.40. The second-order valence-corrected chi connectivity index (χ2v) is 8.89. The largest absolute Gasteiger partial charge is 0.473 e. The second kappa shape index (κ2) is 9.69. The molecule has 164 valence electrons. The number of aromatic nitrogens is 3. The number of carbonyl (C=O) groups excluding carboxylic acids is 1. The lowest BCUT2D eigenvalue weighted by Crippen LogP contribution is -2.40. The van der Waals surface area contributed by atoms with Crippen molar-refractivity contribution in [1.29, 1.82) is 0 Å². The van der Waals surface area contributed by atoms with Crippen LogP contribution in [0.25, 0.3) is 5.69 Å². The number of rotatable bonds is 8. The molecule has 0 spiro atoms. The molecule has 1 aromatic heterocycles. The van der Waals surface area contributed by atoms with Crippen molar-refractivity contribution < 1.29 is 18.7 Å². The predicted octanol–water partition coefficient (Wildman–Crippen LogP) is 4.41. The summed E-state index contributed by atoms with van der Waals surface area (Å²) in [5, 5.41) is 4.12. The molecular weight excluding hydrogens is 489 g/mol. The van der Waals surface area contributed by atoms with Gasteiger partial charge in [0, 0.05) is 9.37 Å². The summed E-state index contributed by atoms with van der Waals surface area (Å²) in [6.45, 7) is 4.93. The van der Waals surface area contributed by atoms with E-state index in [0.29, 0.717) is 10.6 Å². The number of benzene rings is 2. The first-order chi connectivity index (χ1) is 14.7. The number of halogens is 2. The summed E-state index contributed by atoms with van der Waals surface area (Å²) in [5.41, 5.74) is -0.925. The molecule has 0 aliphatic rings. The topological polar surface area (TPSA) is 75.3 Å². The molecule has 0 atom stereocenters. The Morgan fingerprint density at radius 2 is 1.94 bits per heavy atom. The van der Waals surface area contributed by atoms with E-state index < -0.39 is 17.4 Å². The average Bonchev–Trinajstić information content (AvgIpc) is 3.09. The summed E-state index contributed by atoms with van der Waals surface area (Å²) < 4.78 is 28.6. The van der Waals surface area contributed by atoms with Crippen molar-refractivity contribution >= 4 is 33.7 Å². The van der Waals surface area contributed by atoms with Crippen LogP contribution in [0.4, 0.5) is 4.39 Å². The molecule has 0 amide bonds. The van der Waals surface area contributed by atoms with Gasteiger partial charge in [-0.1, -0.05) is 15.9 Å². The molecule has 0 aliphatic heterocycles. The standard InChI is InChI=1S/C21H21BrFN3O4S/c1-4-29-19(27)21(2,3)30-18-10-9-16(11-17(18)23)31-13-26-20(28)25(12-24-26)15-7-5-14(22)6-8-15/h5-12H,4,13H2,1-3H3. The van der Waals surface area contributed by atoms with E-state index in [1.54, 1.807) is 25.1 Å². The monoisotopic (exact) mass is 509 g/mol. The lowest BCUT2D eigenvalue weighted by Gasteiger charge is -2.24. The van der Waals surface area contributed by atoms with Gasteiger partial charge in [-0.15, -0.1) is 11.8 Å². The van der Waals surface area contributed by atoms with Gasteiger partial charge in [-0.05, 0) is 63.2 Å². The third-order valence-corrected chi connectivity index (χ3v) is 5.72. The van der Waals surface area contributed by atoms with E-state index >= 15 is 0 Å².